The monoisotopic (exact) mass is 714 g/mol. The van der Waals surface area contributed by atoms with Crippen LogP contribution in [0.25, 0.3) is 116 Å². The molecule has 0 saturated carbocycles. The van der Waals surface area contributed by atoms with E-state index < -0.39 is 0 Å². The second kappa shape index (κ2) is 11.9. The minimum absolute atomic E-state index is 0.598. The van der Waals surface area contributed by atoms with Crippen molar-refractivity contribution >= 4 is 65.3 Å². The molecular weight excluding hydrogens is 685 g/mol. The highest BCUT2D eigenvalue weighted by Gasteiger charge is 2.22. The minimum atomic E-state index is 0.598. The van der Waals surface area contributed by atoms with E-state index >= 15 is 0 Å². The molecule has 260 valence electrons. The molecule has 12 aromatic rings. The van der Waals surface area contributed by atoms with Gasteiger partial charge in [-0.2, -0.15) is 0 Å². The topological polar surface area (TPSA) is 56.7 Å². The summed E-state index contributed by atoms with van der Waals surface area (Å²) in [6, 6.07) is 63.8. The molecule has 0 aliphatic carbocycles. The van der Waals surface area contributed by atoms with Gasteiger partial charge in [-0.25, -0.2) is 15.0 Å². The summed E-state index contributed by atoms with van der Waals surface area (Å²) in [5.41, 5.74) is 10.3. The normalized spacial score (nSPS) is 11.9. The molecule has 0 fully saturated rings. The van der Waals surface area contributed by atoms with Crippen molar-refractivity contribution in [2.45, 2.75) is 0 Å². The SMILES string of the molecule is c1ccc(-c2nc(-c3ccccc3)nc(-c3ccc4c(c3)oc3ccc(-c5ccc6c7c5c5ccccc5c5cccc(c57)n6-c5ccccc5)cc34)n2)cc1. The maximum Gasteiger partial charge on any atom is 0.164 e. The number of hydrogen-bond acceptors (Lipinski definition) is 4. The summed E-state index contributed by atoms with van der Waals surface area (Å²) >= 11 is 0. The number of fused-ring (bicyclic) bond motifs is 6. The third-order valence-corrected chi connectivity index (χ3v) is 11.2. The summed E-state index contributed by atoms with van der Waals surface area (Å²) in [5.74, 6) is 1.86. The van der Waals surface area contributed by atoms with E-state index in [0.717, 1.165) is 49.9 Å². The standard InChI is InChI=1S/C51H30N4O/c1-4-13-31(14-5-1)49-52-50(32-15-6-2-7-16-32)54-51(53-49)34-23-25-38-41-29-33(24-28-44(41)56-45(38)30-34)36-26-27-43-48-46(36)39-20-11-10-19-37(39)40-21-12-22-42(47(40)48)55(43)35-17-8-3-9-18-35/h1-30H. The lowest BCUT2D eigenvalue weighted by molar-refractivity contribution is 0.669. The van der Waals surface area contributed by atoms with Gasteiger partial charge in [-0.15, -0.1) is 0 Å². The van der Waals surface area contributed by atoms with E-state index in [2.05, 4.69) is 126 Å². The van der Waals surface area contributed by atoms with E-state index in [9.17, 15) is 0 Å². The summed E-state index contributed by atoms with van der Waals surface area (Å²) in [4.78, 5) is 14.8. The van der Waals surface area contributed by atoms with Crippen LogP contribution in [-0.2, 0) is 0 Å². The molecule has 9 aromatic carbocycles. The van der Waals surface area contributed by atoms with Crippen molar-refractivity contribution in [3.63, 3.8) is 0 Å². The van der Waals surface area contributed by atoms with Crippen LogP contribution in [-0.4, -0.2) is 19.5 Å². The molecule has 56 heavy (non-hydrogen) atoms. The fraction of sp³-hybridized carbons (Fsp3) is 0. The lowest BCUT2D eigenvalue weighted by Crippen LogP contribution is -2.00. The second-order valence-electron chi connectivity index (χ2n) is 14.4. The Hall–Kier alpha value is -7.63. The number of para-hydroxylation sites is 1. The van der Waals surface area contributed by atoms with Crippen molar-refractivity contribution in [2.24, 2.45) is 0 Å². The van der Waals surface area contributed by atoms with Crippen molar-refractivity contribution < 1.29 is 4.42 Å². The predicted octanol–water partition coefficient (Wildman–Crippen LogP) is 13.3. The highest BCUT2D eigenvalue weighted by molar-refractivity contribution is 6.36. The Morgan fingerprint density at radius 2 is 0.929 bits per heavy atom. The fourth-order valence-electron chi connectivity index (χ4n) is 8.71. The van der Waals surface area contributed by atoms with E-state index in [1.165, 1.54) is 48.9 Å². The Morgan fingerprint density at radius 1 is 0.339 bits per heavy atom. The number of nitrogens with zero attached hydrogens (tertiary/aromatic N) is 4. The Kier molecular flexibility index (Phi) is 6.56. The number of aromatic nitrogens is 4. The van der Waals surface area contributed by atoms with Crippen LogP contribution in [0.2, 0.25) is 0 Å². The summed E-state index contributed by atoms with van der Waals surface area (Å²) in [7, 11) is 0. The number of furan rings is 1. The Balaban J connectivity index is 1.05. The average molecular weight is 715 g/mol. The van der Waals surface area contributed by atoms with Crippen molar-refractivity contribution in [3.8, 4) is 51.0 Å². The zero-order valence-electron chi connectivity index (χ0n) is 30.0. The van der Waals surface area contributed by atoms with Crippen LogP contribution in [0.3, 0.4) is 0 Å². The number of hydrogen-bond donors (Lipinski definition) is 0. The maximum atomic E-state index is 6.56. The van der Waals surface area contributed by atoms with Crippen molar-refractivity contribution in [3.05, 3.63) is 182 Å². The zero-order valence-corrected chi connectivity index (χ0v) is 30.0. The van der Waals surface area contributed by atoms with Crippen LogP contribution in [0, 0.1) is 0 Å². The van der Waals surface area contributed by atoms with E-state index in [1.807, 2.05) is 60.7 Å². The predicted molar refractivity (Wildman–Crippen MR) is 229 cm³/mol. The quantitative estimate of drug-likeness (QED) is 0.167. The van der Waals surface area contributed by atoms with Gasteiger partial charge in [0.05, 0.1) is 11.0 Å². The molecule has 0 aliphatic rings. The molecule has 0 spiro atoms. The van der Waals surface area contributed by atoms with Crippen LogP contribution in [0.5, 0.6) is 0 Å². The summed E-state index contributed by atoms with van der Waals surface area (Å²) in [5, 5.41) is 9.76. The molecule has 0 aliphatic heterocycles. The van der Waals surface area contributed by atoms with Gasteiger partial charge in [-0.3, -0.25) is 0 Å². The molecule has 3 aromatic heterocycles. The average Bonchev–Trinajstić information content (AvgIpc) is 3.82. The molecule has 12 rings (SSSR count). The van der Waals surface area contributed by atoms with Crippen molar-refractivity contribution in [2.75, 3.05) is 0 Å². The Morgan fingerprint density at radius 3 is 1.66 bits per heavy atom. The highest BCUT2D eigenvalue weighted by atomic mass is 16.3. The largest absolute Gasteiger partial charge is 0.456 e. The smallest absolute Gasteiger partial charge is 0.164 e. The van der Waals surface area contributed by atoms with Crippen LogP contribution in [0.15, 0.2) is 186 Å². The zero-order chi connectivity index (χ0) is 36.7. The van der Waals surface area contributed by atoms with Gasteiger partial charge in [0.1, 0.15) is 11.2 Å². The molecule has 0 saturated heterocycles. The lowest BCUT2D eigenvalue weighted by atomic mass is 9.89. The minimum Gasteiger partial charge on any atom is -0.456 e. The van der Waals surface area contributed by atoms with Gasteiger partial charge in [0.15, 0.2) is 17.5 Å². The third-order valence-electron chi connectivity index (χ3n) is 11.2. The summed E-state index contributed by atoms with van der Waals surface area (Å²) < 4.78 is 8.98. The highest BCUT2D eigenvalue weighted by Crippen LogP contribution is 2.47. The summed E-state index contributed by atoms with van der Waals surface area (Å²) in [6.07, 6.45) is 0. The first kappa shape index (κ1) is 30.8. The van der Waals surface area contributed by atoms with Crippen molar-refractivity contribution in [1.29, 1.82) is 0 Å². The lowest BCUT2D eigenvalue weighted by Gasteiger charge is -2.13. The van der Waals surface area contributed by atoms with E-state index in [4.69, 9.17) is 19.4 Å². The fourth-order valence-corrected chi connectivity index (χ4v) is 8.71. The van der Waals surface area contributed by atoms with Gasteiger partial charge < -0.3 is 8.98 Å². The van der Waals surface area contributed by atoms with Crippen LogP contribution in [0.1, 0.15) is 0 Å². The van der Waals surface area contributed by atoms with E-state index in [1.54, 1.807) is 0 Å². The molecule has 0 unspecified atom stereocenters. The number of rotatable bonds is 5. The Labute approximate surface area is 321 Å². The Bertz CT molecular complexity index is 3400. The van der Waals surface area contributed by atoms with E-state index in [-0.39, 0.29) is 0 Å². The molecule has 5 nitrogen and oxygen atoms in total. The first-order valence-corrected chi connectivity index (χ1v) is 18.9. The van der Waals surface area contributed by atoms with Gasteiger partial charge >= 0.3 is 0 Å². The van der Waals surface area contributed by atoms with E-state index in [0.29, 0.717) is 17.5 Å². The molecular formula is C51H30N4O. The number of benzene rings is 9. The van der Waals surface area contributed by atoms with Crippen LogP contribution < -0.4 is 0 Å². The first-order valence-electron chi connectivity index (χ1n) is 18.9. The van der Waals surface area contributed by atoms with Gasteiger partial charge in [0, 0.05) is 49.3 Å². The molecule has 0 bridgehead atoms. The molecule has 5 heteroatoms. The molecule has 0 N–H and O–H groups in total. The van der Waals surface area contributed by atoms with Gasteiger partial charge in [-0.05, 0) is 75.8 Å². The molecule has 0 amide bonds. The first-order chi connectivity index (χ1) is 27.8. The molecule has 0 atom stereocenters. The van der Waals surface area contributed by atoms with Gasteiger partial charge in [0.25, 0.3) is 0 Å². The third kappa shape index (κ3) is 4.58. The van der Waals surface area contributed by atoms with Gasteiger partial charge in [0.2, 0.25) is 0 Å². The molecule has 3 heterocycles. The summed E-state index contributed by atoms with van der Waals surface area (Å²) in [6.45, 7) is 0. The maximum absolute atomic E-state index is 6.56. The van der Waals surface area contributed by atoms with Crippen molar-refractivity contribution in [1.82, 2.24) is 19.5 Å². The van der Waals surface area contributed by atoms with Crippen LogP contribution >= 0.6 is 0 Å². The van der Waals surface area contributed by atoms with Crippen LogP contribution in [0.4, 0.5) is 0 Å². The molecule has 0 radical (unpaired) electrons. The van der Waals surface area contributed by atoms with Gasteiger partial charge in [-0.1, -0.05) is 133 Å². The second-order valence-corrected chi connectivity index (χ2v) is 14.4.